The third-order valence-corrected chi connectivity index (χ3v) is 4.65. The van der Waals surface area contributed by atoms with Gasteiger partial charge in [0.1, 0.15) is 5.82 Å². The van der Waals surface area contributed by atoms with Gasteiger partial charge < -0.3 is 0 Å². The van der Waals surface area contributed by atoms with Crippen molar-refractivity contribution in [1.82, 2.24) is 4.31 Å². The maximum absolute atomic E-state index is 13.3. The number of alkyl halides is 1. The van der Waals surface area contributed by atoms with E-state index < -0.39 is 15.8 Å². The van der Waals surface area contributed by atoms with Crippen LogP contribution in [0.1, 0.15) is 26.3 Å². The fourth-order valence-electron chi connectivity index (χ4n) is 1.75. The van der Waals surface area contributed by atoms with Gasteiger partial charge in [0.05, 0.1) is 10.8 Å². The van der Waals surface area contributed by atoms with Crippen molar-refractivity contribution < 1.29 is 12.8 Å². The SMILES string of the molecule is CN(CC(C)(C)C)S(=O)(=O)c1ccc(F)c(CCl)c1. The Morgan fingerprint density at radius 3 is 2.37 bits per heavy atom. The molecule has 0 atom stereocenters. The highest BCUT2D eigenvalue weighted by molar-refractivity contribution is 7.89. The Bertz CT molecular complexity index is 552. The molecule has 1 aromatic rings. The fourth-order valence-corrected chi connectivity index (χ4v) is 3.40. The molecular formula is C13H19ClFNO2S. The van der Waals surface area contributed by atoms with Gasteiger partial charge in [0, 0.05) is 19.2 Å². The van der Waals surface area contributed by atoms with Crippen LogP contribution in [0.25, 0.3) is 0 Å². The standard InChI is InChI=1S/C13H19ClFNO2S/c1-13(2,3)9-16(4)19(17,18)11-5-6-12(15)10(7-11)8-14/h5-7H,8-9H2,1-4H3. The van der Waals surface area contributed by atoms with Crippen LogP contribution in [0.15, 0.2) is 23.1 Å². The van der Waals surface area contributed by atoms with Gasteiger partial charge in [0.2, 0.25) is 10.0 Å². The van der Waals surface area contributed by atoms with Crippen molar-refractivity contribution in [2.45, 2.75) is 31.5 Å². The summed E-state index contributed by atoms with van der Waals surface area (Å²) >= 11 is 5.59. The first kappa shape index (κ1) is 16.4. The molecule has 3 nitrogen and oxygen atoms in total. The topological polar surface area (TPSA) is 37.4 Å². The molecule has 0 fully saturated rings. The summed E-state index contributed by atoms with van der Waals surface area (Å²) in [5.41, 5.74) is 0.0314. The predicted octanol–water partition coefficient (Wildman–Crippen LogP) is 3.23. The van der Waals surface area contributed by atoms with Crippen LogP contribution >= 0.6 is 11.6 Å². The maximum atomic E-state index is 13.3. The number of benzene rings is 1. The van der Waals surface area contributed by atoms with Gasteiger partial charge in [-0.1, -0.05) is 20.8 Å². The Morgan fingerprint density at radius 1 is 1.32 bits per heavy atom. The van der Waals surface area contributed by atoms with E-state index in [0.29, 0.717) is 6.54 Å². The molecule has 0 bridgehead atoms. The molecule has 0 radical (unpaired) electrons. The maximum Gasteiger partial charge on any atom is 0.242 e. The molecule has 0 N–H and O–H groups in total. The number of sulfonamides is 1. The van der Waals surface area contributed by atoms with Crippen LogP contribution < -0.4 is 0 Å². The van der Waals surface area contributed by atoms with Crippen molar-refractivity contribution in [2.75, 3.05) is 13.6 Å². The van der Waals surface area contributed by atoms with Gasteiger partial charge in [-0.05, 0) is 23.6 Å². The lowest BCUT2D eigenvalue weighted by molar-refractivity contribution is 0.311. The Kier molecular flexibility index (Phi) is 4.98. The summed E-state index contributed by atoms with van der Waals surface area (Å²) in [4.78, 5) is 0.0660. The smallest absolute Gasteiger partial charge is 0.207 e. The average Bonchev–Trinajstić information content (AvgIpc) is 2.27. The van der Waals surface area contributed by atoms with Crippen molar-refractivity contribution in [3.05, 3.63) is 29.6 Å². The lowest BCUT2D eigenvalue weighted by atomic mass is 9.97. The third-order valence-electron chi connectivity index (χ3n) is 2.57. The van der Waals surface area contributed by atoms with E-state index >= 15 is 0 Å². The van der Waals surface area contributed by atoms with Crippen molar-refractivity contribution in [3.63, 3.8) is 0 Å². The molecule has 0 amide bonds. The minimum absolute atomic E-state index is 0.0574. The van der Waals surface area contributed by atoms with Crippen LogP contribution in [0.4, 0.5) is 4.39 Å². The molecule has 1 rings (SSSR count). The first-order valence-corrected chi connectivity index (χ1v) is 7.86. The molecule has 0 saturated carbocycles. The molecule has 1 aromatic carbocycles. The molecule has 0 spiro atoms. The highest BCUT2D eigenvalue weighted by Gasteiger charge is 2.25. The van der Waals surface area contributed by atoms with E-state index in [1.807, 2.05) is 20.8 Å². The van der Waals surface area contributed by atoms with E-state index in [0.717, 1.165) is 6.07 Å². The van der Waals surface area contributed by atoms with Crippen LogP contribution in [0.2, 0.25) is 0 Å². The summed E-state index contributed by atoms with van der Waals surface area (Å²) in [6, 6.07) is 3.69. The second-order valence-corrected chi connectivity index (χ2v) is 8.02. The van der Waals surface area contributed by atoms with Crippen molar-refractivity contribution in [1.29, 1.82) is 0 Å². The fraction of sp³-hybridized carbons (Fsp3) is 0.538. The molecule has 6 heteroatoms. The molecule has 0 heterocycles. The molecule has 0 saturated heterocycles. The van der Waals surface area contributed by atoms with Gasteiger partial charge in [-0.25, -0.2) is 17.1 Å². The van der Waals surface area contributed by atoms with Crippen molar-refractivity contribution in [2.24, 2.45) is 5.41 Å². The van der Waals surface area contributed by atoms with E-state index in [4.69, 9.17) is 11.6 Å². The molecular weight excluding hydrogens is 289 g/mol. The largest absolute Gasteiger partial charge is 0.242 e. The average molecular weight is 308 g/mol. The summed E-state index contributed by atoms with van der Waals surface area (Å²) in [6.07, 6.45) is 0. The lowest BCUT2D eigenvalue weighted by Crippen LogP contribution is -2.34. The first-order chi connectivity index (χ1) is 8.58. The van der Waals surface area contributed by atoms with Crippen LogP contribution in [0.5, 0.6) is 0 Å². The highest BCUT2D eigenvalue weighted by atomic mass is 35.5. The monoisotopic (exact) mass is 307 g/mol. The van der Waals surface area contributed by atoms with E-state index in [9.17, 15) is 12.8 Å². The summed E-state index contributed by atoms with van der Waals surface area (Å²) in [5.74, 6) is -0.550. The zero-order valence-electron chi connectivity index (χ0n) is 11.6. The lowest BCUT2D eigenvalue weighted by Gasteiger charge is -2.26. The molecule has 0 unspecified atom stereocenters. The first-order valence-electron chi connectivity index (χ1n) is 5.88. The van der Waals surface area contributed by atoms with Gasteiger partial charge >= 0.3 is 0 Å². The van der Waals surface area contributed by atoms with Gasteiger partial charge in [0.25, 0.3) is 0 Å². The molecule has 19 heavy (non-hydrogen) atoms. The van der Waals surface area contributed by atoms with Gasteiger partial charge in [-0.15, -0.1) is 11.6 Å². The van der Waals surface area contributed by atoms with Crippen molar-refractivity contribution >= 4 is 21.6 Å². The summed E-state index contributed by atoms with van der Waals surface area (Å²) in [5, 5.41) is 0. The molecule has 0 aliphatic heterocycles. The number of rotatable bonds is 4. The second-order valence-electron chi connectivity index (χ2n) is 5.71. The van der Waals surface area contributed by atoms with E-state index in [1.54, 1.807) is 0 Å². The minimum Gasteiger partial charge on any atom is -0.207 e. The number of hydrogen-bond acceptors (Lipinski definition) is 2. The number of halogens is 2. The third kappa shape index (κ3) is 4.16. The quantitative estimate of drug-likeness (QED) is 0.801. The number of nitrogens with zero attached hydrogens (tertiary/aromatic N) is 1. The van der Waals surface area contributed by atoms with E-state index in [-0.39, 0.29) is 21.8 Å². The highest BCUT2D eigenvalue weighted by Crippen LogP contribution is 2.23. The van der Waals surface area contributed by atoms with Crippen LogP contribution in [0.3, 0.4) is 0 Å². The zero-order chi connectivity index (χ0) is 14.8. The molecule has 0 aliphatic rings. The van der Waals surface area contributed by atoms with Gasteiger partial charge in [0.15, 0.2) is 0 Å². The van der Waals surface area contributed by atoms with Crippen LogP contribution in [0, 0.1) is 11.2 Å². The Hall–Kier alpha value is -0.650. The van der Waals surface area contributed by atoms with Gasteiger partial charge in [-0.3, -0.25) is 0 Å². The van der Waals surface area contributed by atoms with Crippen molar-refractivity contribution in [3.8, 4) is 0 Å². The summed E-state index contributed by atoms with van der Waals surface area (Å²) in [6.45, 7) is 6.23. The predicted molar refractivity (Wildman–Crippen MR) is 75.2 cm³/mol. The Labute approximate surface area is 119 Å². The molecule has 0 aliphatic carbocycles. The Morgan fingerprint density at radius 2 is 1.89 bits per heavy atom. The van der Waals surface area contributed by atoms with E-state index in [1.165, 1.54) is 23.5 Å². The van der Waals surface area contributed by atoms with Crippen LogP contribution in [-0.2, 0) is 15.9 Å². The number of hydrogen-bond donors (Lipinski definition) is 0. The summed E-state index contributed by atoms with van der Waals surface area (Å²) in [7, 11) is -2.10. The minimum atomic E-state index is -3.61. The second kappa shape index (κ2) is 5.77. The summed E-state index contributed by atoms with van der Waals surface area (Å²) < 4.78 is 39.3. The molecule has 0 aromatic heterocycles. The zero-order valence-corrected chi connectivity index (χ0v) is 13.1. The molecule has 108 valence electrons. The van der Waals surface area contributed by atoms with E-state index in [2.05, 4.69) is 0 Å². The Balaban J connectivity index is 3.13. The van der Waals surface area contributed by atoms with Gasteiger partial charge in [-0.2, -0.15) is 0 Å². The van der Waals surface area contributed by atoms with Crippen LogP contribution in [-0.4, -0.2) is 26.3 Å². The normalized spacial score (nSPS) is 13.0.